The molecule has 1 aromatic rings. The average molecular weight is 229 g/mol. The van der Waals surface area contributed by atoms with Crippen molar-refractivity contribution in [1.29, 1.82) is 0 Å². The van der Waals surface area contributed by atoms with Crippen molar-refractivity contribution in [1.82, 2.24) is 9.55 Å². The molecule has 1 heterocycles. The summed E-state index contributed by atoms with van der Waals surface area (Å²) < 4.78 is 2.26. The maximum atomic E-state index is 5.72. The Labute approximate surface area is 97.7 Å². The number of alkyl halides is 1. The van der Waals surface area contributed by atoms with Crippen LogP contribution in [-0.4, -0.2) is 15.4 Å². The number of rotatable bonds is 6. The van der Waals surface area contributed by atoms with Gasteiger partial charge in [-0.15, -0.1) is 11.6 Å². The van der Waals surface area contributed by atoms with Crippen LogP contribution in [0.5, 0.6) is 0 Å². The molecule has 0 amide bonds. The van der Waals surface area contributed by atoms with E-state index in [9.17, 15) is 0 Å². The van der Waals surface area contributed by atoms with Gasteiger partial charge in [-0.25, -0.2) is 4.98 Å². The van der Waals surface area contributed by atoms with Gasteiger partial charge in [0.2, 0.25) is 0 Å². The molecule has 1 atom stereocenters. The summed E-state index contributed by atoms with van der Waals surface area (Å²) >= 11 is 5.72. The van der Waals surface area contributed by atoms with Crippen molar-refractivity contribution >= 4 is 11.6 Å². The molecule has 0 aliphatic carbocycles. The van der Waals surface area contributed by atoms with Gasteiger partial charge in [0.15, 0.2) is 0 Å². The van der Waals surface area contributed by atoms with E-state index in [1.54, 1.807) is 0 Å². The maximum Gasteiger partial charge on any atom is 0.111 e. The standard InChI is InChI=1S/C12H21ClN2/c1-10(2)12-14-7-9-15(12)8-5-11(3)4-6-13/h7,9-11H,4-6,8H2,1-3H3. The van der Waals surface area contributed by atoms with Crippen molar-refractivity contribution in [3.8, 4) is 0 Å². The summed E-state index contributed by atoms with van der Waals surface area (Å²) in [5, 5.41) is 0. The number of nitrogens with zero attached hydrogens (tertiary/aromatic N) is 2. The van der Waals surface area contributed by atoms with E-state index >= 15 is 0 Å². The van der Waals surface area contributed by atoms with Gasteiger partial charge in [-0.05, 0) is 18.8 Å². The van der Waals surface area contributed by atoms with Gasteiger partial charge in [-0.2, -0.15) is 0 Å². The van der Waals surface area contributed by atoms with Gasteiger partial charge in [0.1, 0.15) is 5.82 Å². The lowest BCUT2D eigenvalue weighted by Gasteiger charge is -2.13. The lowest BCUT2D eigenvalue weighted by atomic mass is 10.1. The third-order valence-corrected chi connectivity index (χ3v) is 2.95. The monoisotopic (exact) mass is 228 g/mol. The van der Waals surface area contributed by atoms with Crippen molar-refractivity contribution in [2.24, 2.45) is 5.92 Å². The van der Waals surface area contributed by atoms with Crippen molar-refractivity contribution in [2.45, 2.75) is 46.1 Å². The first-order valence-electron chi connectivity index (χ1n) is 5.72. The highest BCUT2D eigenvalue weighted by Gasteiger charge is 2.08. The zero-order valence-electron chi connectivity index (χ0n) is 9.91. The Kier molecular flexibility index (Phi) is 5.16. The smallest absolute Gasteiger partial charge is 0.111 e. The summed E-state index contributed by atoms with van der Waals surface area (Å²) in [5.41, 5.74) is 0. The third-order valence-electron chi connectivity index (χ3n) is 2.73. The molecule has 0 aliphatic rings. The first-order valence-corrected chi connectivity index (χ1v) is 6.25. The lowest BCUT2D eigenvalue weighted by molar-refractivity contribution is 0.459. The Hall–Kier alpha value is -0.500. The van der Waals surface area contributed by atoms with Gasteiger partial charge < -0.3 is 4.57 Å². The Bertz CT molecular complexity index is 281. The lowest BCUT2D eigenvalue weighted by Crippen LogP contribution is -2.08. The fraction of sp³-hybridized carbons (Fsp3) is 0.750. The Morgan fingerprint density at radius 1 is 1.33 bits per heavy atom. The fourth-order valence-corrected chi connectivity index (χ4v) is 2.07. The van der Waals surface area contributed by atoms with Crippen molar-refractivity contribution in [2.75, 3.05) is 5.88 Å². The van der Waals surface area contributed by atoms with E-state index in [2.05, 4.69) is 36.5 Å². The molecule has 0 spiro atoms. The van der Waals surface area contributed by atoms with Crippen LogP contribution in [0.3, 0.4) is 0 Å². The average Bonchev–Trinajstić information content (AvgIpc) is 2.63. The van der Waals surface area contributed by atoms with E-state index in [-0.39, 0.29) is 0 Å². The minimum atomic E-state index is 0.503. The summed E-state index contributed by atoms with van der Waals surface area (Å²) in [7, 11) is 0. The largest absolute Gasteiger partial charge is 0.335 e. The normalized spacial score (nSPS) is 13.4. The highest BCUT2D eigenvalue weighted by atomic mass is 35.5. The van der Waals surface area contributed by atoms with Crippen LogP contribution < -0.4 is 0 Å². The van der Waals surface area contributed by atoms with Crippen LogP contribution in [0.4, 0.5) is 0 Å². The molecular weight excluding hydrogens is 208 g/mol. The molecule has 86 valence electrons. The molecule has 1 rings (SSSR count). The molecule has 0 fully saturated rings. The minimum absolute atomic E-state index is 0.503. The van der Waals surface area contributed by atoms with Crippen molar-refractivity contribution < 1.29 is 0 Å². The van der Waals surface area contributed by atoms with E-state index in [0.29, 0.717) is 11.8 Å². The topological polar surface area (TPSA) is 17.8 Å². The van der Waals surface area contributed by atoms with Crippen molar-refractivity contribution in [3.05, 3.63) is 18.2 Å². The SMILES string of the molecule is CC(CCCl)CCn1ccnc1C(C)C. The first-order chi connectivity index (χ1) is 7.15. The Morgan fingerprint density at radius 3 is 2.67 bits per heavy atom. The van der Waals surface area contributed by atoms with Gasteiger partial charge in [0.25, 0.3) is 0 Å². The zero-order chi connectivity index (χ0) is 11.3. The van der Waals surface area contributed by atoms with Gasteiger partial charge in [0, 0.05) is 30.7 Å². The molecule has 0 aromatic carbocycles. The van der Waals surface area contributed by atoms with Crippen LogP contribution in [0.2, 0.25) is 0 Å². The number of aromatic nitrogens is 2. The fourth-order valence-electron chi connectivity index (χ4n) is 1.70. The molecule has 0 N–H and O–H groups in total. The summed E-state index contributed by atoms with van der Waals surface area (Å²) in [6.45, 7) is 7.68. The number of hydrogen-bond acceptors (Lipinski definition) is 1. The van der Waals surface area contributed by atoms with Gasteiger partial charge in [0.05, 0.1) is 0 Å². The highest BCUT2D eigenvalue weighted by Crippen LogP contribution is 2.15. The van der Waals surface area contributed by atoms with Crippen LogP contribution in [0.1, 0.15) is 45.4 Å². The number of hydrogen-bond donors (Lipinski definition) is 0. The first kappa shape index (κ1) is 12.6. The van der Waals surface area contributed by atoms with Gasteiger partial charge in [-0.1, -0.05) is 20.8 Å². The second kappa shape index (κ2) is 6.16. The molecule has 0 radical (unpaired) electrons. The molecular formula is C12H21ClN2. The summed E-state index contributed by atoms with van der Waals surface area (Å²) in [6, 6.07) is 0. The quantitative estimate of drug-likeness (QED) is 0.680. The van der Waals surface area contributed by atoms with Crippen LogP contribution in [0.15, 0.2) is 12.4 Å². The second-order valence-electron chi connectivity index (χ2n) is 4.51. The van der Waals surface area contributed by atoms with Gasteiger partial charge in [-0.3, -0.25) is 0 Å². The van der Waals surface area contributed by atoms with Crippen LogP contribution in [0, 0.1) is 5.92 Å². The third kappa shape index (κ3) is 3.86. The number of halogens is 1. The minimum Gasteiger partial charge on any atom is -0.335 e. The molecule has 0 bridgehead atoms. The van der Waals surface area contributed by atoms with Crippen molar-refractivity contribution in [3.63, 3.8) is 0 Å². The molecule has 0 saturated carbocycles. The predicted molar refractivity (Wildman–Crippen MR) is 65.4 cm³/mol. The molecule has 0 saturated heterocycles. The summed E-state index contributed by atoms with van der Waals surface area (Å²) in [5.74, 6) is 3.16. The van der Waals surface area contributed by atoms with E-state index < -0.39 is 0 Å². The Balaban J connectivity index is 2.46. The van der Waals surface area contributed by atoms with E-state index in [0.717, 1.165) is 18.8 Å². The van der Waals surface area contributed by atoms with Crippen LogP contribution >= 0.6 is 11.6 Å². The van der Waals surface area contributed by atoms with Crippen LogP contribution in [-0.2, 0) is 6.54 Å². The predicted octanol–water partition coefficient (Wildman–Crippen LogP) is 3.66. The van der Waals surface area contributed by atoms with Gasteiger partial charge >= 0.3 is 0 Å². The second-order valence-corrected chi connectivity index (χ2v) is 4.88. The maximum absolute atomic E-state index is 5.72. The molecule has 1 aromatic heterocycles. The molecule has 3 heteroatoms. The Morgan fingerprint density at radius 2 is 2.07 bits per heavy atom. The summed E-state index contributed by atoms with van der Waals surface area (Å²) in [4.78, 5) is 4.38. The molecule has 15 heavy (non-hydrogen) atoms. The number of imidazole rings is 1. The summed E-state index contributed by atoms with van der Waals surface area (Å²) in [6.07, 6.45) is 6.25. The molecule has 0 aliphatic heterocycles. The zero-order valence-corrected chi connectivity index (χ0v) is 10.7. The number of aryl methyl sites for hydroxylation is 1. The highest BCUT2D eigenvalue weighted by molar-refractivity contribution is 6.17. The molecule has 2 nitrogen and oxygen atoms in total. The van der Waals surface area contributed by atoms with E-state index in [1.165, 1.54) is 12.2 Å². The van der Waals surface area contributed by atoms with Crippen LogP contribution in [0.25, 0.3) is 0 Å². The van der Waals surface area contributed by atoms with E-state index in [1.807, 2.05) is 6.20 Å². The molecule has 1 unspecified atom stereocenters. The van der Waals surface area contributed by atoms with E-state index in [4.69, 9.17) is 11.6 Å².